The van der Waals surface area contributed by atoms with Crippen LogP contribution < -0.4 is 4.90 Å². The van der Waals surface area contributed by atoms with Crippen molar-refractivity contribution >= 4 is 11.6 Å². The van der Waals surface area contributed by atoms with E-state index in [0.29, 0.717) is 6.42 Å². The Labute approximate surface area is 124 Å². The van der Waals surface area contributed by atoms with Crippen LogP contribution in [-0.4, -0.2) is 31.1 Å². The first-order valence-electron chi connectivity index (χ1n) is 7.30. The Morgan fingerprint density at radius 1 is 0.952 bits per heavy atom. The van der Waals surface area contributed by atoms with Gasteiger partial charge < -0.3 is 9.80 Å². The number of carbonyl (C=O) groups excluding carboxylic acids is 1. The third kappa shape index (κ3) is 1.41. The molecule has 0 aromatic heterocycles. The number of carbonyl (C=O) groups is 1. The lowest BCUT2D eigenvalue weighted by Crippen LogP contribution is -2.47. The van der Waals surface area contributed by atoms with Crippen molar-refractivity contribution in [2.45, 2.75) is 18.0 Å². The van der Waals surface area contributed by atoms with E-state index in [1.807, 2.05) is 18.0 Å². The standard InChI is InChI=1S/C18H18N2O/c1-19-15-11-7-6-10-14(15)18(13-8-4-3-5-9-13)12-16(21)20(2)17(18)19/h3-11,17H,12H2,1-2H3/t17-,18+/m1/s1. The second kappa shape index (κ2) is 4.10. The van der Waals surface area contributed by atoms with Crippen LogP contribution in [0.3, 0.4) is 0 Å². The van der Waals surface area contributed by atoms with Crippen LogP contribution in [0.15, 0.2) is 54.6 Å². The van der Waals surface area contributed by atoms with Gasteiger partial charge in [-0.25, -0.2) is 0 Å². The zero-order valence-electron chi connectivity index (χ0n) is 12.3. The lowest BCUT2D eigenvalue weighted by Gasteiger charge is -2.35. The first kappa shape index (κ1) is 12.5. The molecule has 2 atom stereocenters. The van der Waals surface area contributed by atoms with Crippen LogP contribution in [0, 0.1) is 0 Å². The van der Waals surface area contributed by atoms with Crippen LogP contribution in [-0.2, 0) is 10.2 Å². The zero-order valence-corrected chi connectivity index (χ0v) is 12.3. The number of fused-ring (bicyclic) bond motifs is 3. The predicted molar refractivity (Wildman–Crippen MR) is 83.2 cm³/mol. The molecule has 0 N–H and O–H groups in total. The summed E-state index contributed by atoms with van der Waals surface area (Å²) in [5.74, 6) is 0.213. The molecule has 1 amide bonds. The van der Waals surface area contributed by atoms with Gasteiger partial charge in [-0.2, -0.15) is 0 Å². The second-order valence-corrected chi connectivity index (χ2v) is 6.02. The Bertz CT molecular complexity index is 712. The Morgan fingerprint density at radius 2 is 1.62 bits per heavy atom. The van der Waals surface area contributed by atoms with E-state index in [-0.39, 0.29) is 17.5 Å². The monoisotopic (exact) mass is 278 g/mol. The summed E-state index contributed by atoms with van der Waals surface area (Å²) >= 11 is 0. The molecule has 106 valence electrons. The molecule has 3 nitrogen and oxygen atoms in total. The number of para-hydroxylation sites is 1. The minimum Gasteiger partial charge on any atom is -0.353 e. The smallest absolute Gasteiger partial charge is 0.225 e. The van der Waals surface area contributed by atoms with Gasteiger partial charge >= 0.3 is 0 Å². The predicted octanol–water partition coefficient (Wildman–Crippen LogP) is 2.61. The molecular weight excluding hydrogens is 260 g/mol. The average Bonchev–Trinajstić information content (AvgIpc) is 2.93. The highest BCUT2D eigenvalue weighted by molar-refractivity contribution is 5.87. The van der Waals surface area contributed by atoms with Gasteiger partial charge in [0, 0.05) is 26.2 Å². The summed E-state index contributed by atoms with van der Waals surface area (Å²) in [6.07, 6.45) is 0.601. The van der Waals surface area contributed by atoms with Crippen molar-refractivity contribution in [3.63, 3.8) is 0 Å². The zero-order chi connectivity index (χ0) is 14.6. The lowest BCUT2D eigenvalue weighted by molar-refractivity contribution is -0.127. The fraction of sp³-hybridized carbons (Fsp3) is 0.278. The number of likely N-dealkylation sites (tertiary alicyclic amines) is 1. The molecular formula is C18H18N2O. The second-order valence-electron chi connectivity index (χ2n) is 6.02. The Hall–Kier alpha value is -2.29. The molecule has 21 heavy (non-hydrogen) atoms. The van der Waals surface area contributed by atoms with E-state index in [4.69, 9.17) is 0 Å². The molecule has 1 saturated heterocycles. The first-order chi connectivity index (χ1) is 10.2. The van der Waals surface area contributed by atoms with Gasteiger partial charge in [0.2, 0.25) is 5.91 Å². The highest BCUT2D eigenvalue weighted by atomic mass is 16.2. The molecule has 3 heteroatoms. The van der Waals surface area contributed by atoms with Crippen molar-refractivity contribution in [1.29, 1.82) is 0 Å². The van der Waals surface area contributed by atoms with Gasteiger partial charge in [0.1, 0.15) is 6.17 Å². The minimum atomic E-state index is -0.252. The number of benzene rings is 2. The third-order valence-electron chi connectivity index (χ3n) is 5.05. The van der Waals surface area contributed by atoms with Crippen LogP contribution in [0.2, 0.25) is 0 Å². The van der Waals surface area contributed by atoms with E-state index in [1.54, 1.807) is 0 Å². The van der Waals surface area contributed by atoms with E-state index in [9.17, 15) is 4.79 Å². The van der Waals surface area contributed by atoms with Gasteiger partial charge in [0.25, 0.3) is 0 Å². The topological polar surface area (TPSA) is 23.6 Å². The van der Waals surface area contributed by atoms with Gasteiger partial charge in [-0.15, -0.1) is 0 Å². The van der Waals surface area contributed by atoms with Gasteiger partial charge in [0.15, 0.2) is 0 Å². The summed E-state index contributed by atoms with van der Waals surface area (Å²) in [5.41, 5.74) is 3.47. The summed E-state index contributed by atoms with van der Waals surface area (Å²) in [5, 5.41) is 0. The highest BCUT2D eigenvalue weighted by Gasteiger charge is 2.59. The fourth-order valence-corrected chi connectivity index (χ4v) is 4.18. The number of anilines is 1. The van der Waals surface area contributed by atoms with Crippen molar-refractivity contribution in [1.82, 2.24) is 4.90 Å². The molecule has 0 radical (unpaired) electrons. The maximum Gasteiger partial charge on any atom is 0.225 e. The van der Waals surface area contributed by atoms with E-state index >= 15 is 0 Å². The number of hydrogen-bond donors (Lipinski definition) is 0. The van der Waals surface area contributed by atoms with Crippen LogP contribution in [0.4, 0.5) is 5.69 Å². The Morgan fingerprint density at radius 3 is 2.38 bits per heavy atom. The molecule has 2 aromatic rings. The molecule has 2 heterocycles. The molecule has 0 bridgehead atoms. The summed E-state index contributed by atoms with van der Waals surface area (Å²) in [6.45, 7) is 0. The van der Waals surface area contributed by atoms with Gasteiger partial charge in [-0.05, 0) is 17.2 Å². The highest BCUT2D eigenvalue weighted by Crippen LogP contribution is 2.54. The van der Waals surface area contributed by atoms with Gasteiger partial charge in [-0.1, -0.05) is 48.5 Å². The molecule has 0 saturated carbocycles. The molecule has 2 aliphatic heterocycles. The number of likely N-dealkylation sites (N-methyl/N-ethyl adjacent to an activating group) is 2. The van der Waals surface area contributed by atoms with Crippen molar-refractivity contribution < 1.29 is 4.79 Å². The quantitative estimate of drug-likeness (QED) is 0.800. The maximum atomic E-state index is 12.4. The SMILES string of the molecule is CN1C(=O)C[C@]2(c3ccccc3)c3ccccc3N(C)[C@H]12. The van der Waals surface area contributed by atoms with Crippen molar-refractivity contribution in [2.75, 3.05) is 19.0 Å². The molecule has 2 aromatic carbocycles. The average molecular weight is 278 g/mol. The summed E-state index contributed by atoms with van der Waals surface area (Å²) in [4.78, 5) is 16.6. The molecule has 0 spiro atoms. The van der Waals surface area contributed by atoms with Gasteiger partial charge in [-0.3, -0.25) is 4.79 Å². The van der Waals surface area contributed by atoms with Crippen LogP contribution in [0.25, 0.3) is 0 Å². The maximum absolute atomic E-state index is 12.4. The molecule has 0 aliphatic carbocycles. The number of nitrogens with zero attached hydrogens (tertiary/aromatic N) is 2. The molecule has 2 aliphatic rings. The van der Waals surface area contributed by atoms with Crippen LogP contribution in [0.5, 0.6) is 0 Å². The Kier molecular flexibility index (Phi) is 2.43. The summed E-state index contributed by atoms with van der Waals surface area (Å²) in [7, 11) is 4.00. The minimum absolute atomic E-state index is 0.0600. The van der Waals surface area contributed by atoms with E-state index in [2.05, 4.69) is 60.5 Å². The van der Waals surface area contributed by atoms with Crippen molar-refractivity contribution in [2.24, 2.45) is 0 Å². The van der Waals surface area contributed by atoms with E-state index in [0.717, 1.165) is 0 Å². The van der Waals surface area contributed by atoms with E-state index < -0.39 is 0 Å². The summed E-state index contributed by atoms with van der Waals surface area (Å²) < 4.78 is 0. The van der Waals surface area contributed by atoms with Crippen molar-refractivity contribution in [3.05, 3.63) is 65.7 Å². The first-order valence-corrected chi connectivity index (χ1v) is 7.30. The fourth-order valence-electron chi connectivity index (χ4n) is 4.18. The van der Waals surface area contributed by atoms with E-state index in [1.165, 1.54) is 16.8 Å². The normalized spacial score (nSPS) is 27.0. The lowest BCUT2D eigenvalue weighted by atomic mass is 9.73. The number of amides is 1. The van der Waals surface area contributed by atoms with Crippen LogP contribution in [0.1, 0.15) is 17.5 Å². The van der Waals surface area contributed by atoms with Crippen LogP contribution >= 0.6 is 0 Å². The molecule has 1 fully saturated rings. The number of rotatable bonds is 1. The molecule has 4 rings (SSSR count). The number of hydrogen-bond acceptors (Lipinski definition) is 2. The summed E-state index contributed by atoms with van der Waals surface area (Å²) in [6, 6.07) is 18.9. The Balaban J connectivity index is 2.03. The third-order valence-corrected chi connectivity index (χ3v) is 5.05. The van der Waals surface area contributed by atoms with Gasteiger partial charge in [0.05, 0.1) is 5.41 Å². The largest absolute Gasteiger partial charge is 0.353 e. The van der Waals surface area contributed by atoms with Crippen molar-refractivity contribution in [3.8, 4) is 0 Å². The molecule has 0 unspecified atom stereocenters.